The zero-order valence-corrected chi connectivity index (χ0v) is 38.8. The molecule has 0 aromatic heterocycles. The number of carboxylic acid groups (broad SMARTS) is 1. The van der Waals surface area contributed by atoms with Crippen molar-refractivity contribution in [3.8, 4) is 0 Å². The third kappa shape index (κ3) is 15.9. The van der Waals surface area contributed by atoms with Crippen LogP contribution in [0.3, 0.4) is 0 Å². The number of alkyl halides is 7. The molecule has 16 nitrogen and oxygen atoms in total. The Balaban J connectivity index is 0.000000391. The average molecular weight is 1020 g/mol. The molecule has 0 radical (unpaired) electrons. The van der Waals surface area contributed by atoms with Crippen molar-refractivity contribution in [1.82, 2.24) is 20.4 Å². The van der Waals surface area contributed by atoms with Crippen LogP contribution in [0, 0.1) is 0 Å². The van der Waals surface area contributed by atoms with Crippen molar-refractivity contribution in [3.63, 3.8) is 0 Å². The SMILES string of the molecule is CCC(Cl)OC(=O)N(C)[C@]1(c2ccccc2Cl)CCCCC1=O.CCC(OC(=O)CNC(=O)C(F)(F)F)OC(=O)N(C)[C@]1(c2ccccc2Cl)CCCCC1=O.O=C(O)CNC(=O)C(F)(F)F. The average Bonchev–Trinajstić information content (AvgIpc) is 3.27. The molecule has 2 aliphatic carbocycles. The maximum absolute atomic E-state index is 13.1. The fourth-order valence-corrected chi connectivity index (χ4v) is 7.58. The van der Waals surface area contributed by atoms with E-state index >= 15 is 0 Å². The van der Waals surface area contributed by atoms with Crippen LogP contribution < -0.4 is 10.6 Å². The minimum Gasteiger partial charge on any atom is -0.480 e. The molecule has 2 aromatic rings. The monoisotopic (exact) mass is 1020 g/mol. The van der Waals surface area contributed by atoms with Crippen LogP contribution in [-0.2, 0) is 54.1 Å². The molecular weight excluding hydrogens is 973 g/mol. The number of nitrogens with one attached hydrogen (secondary N) is 2. The van der Waals surface area contributed by atoms with Gasteiger partial charge in [-0.25, -0.2) is 9.59 Å². The Morgan fingerprint density at radius 1 is 0.672 bits per heavy atom. The van der Waals surface area contributed by atoms with Crippen LogP contribution in [-0.4, -0.2) is 114 Å². The van der Waals surface area contributed by atoms with Crippen LogP contribution in [0.5, 0.6) is 0 Å². The molecule has 2 saturated carbocycles. The number of carboxylic acids is 1. The van der Waals surface area contributed by atoms with E-state index in [1.54, 1.807) is 49.5 Å². The fourth-order valence-electron chi connectivity index (χ4n) is 6.92. The molecule has 3 N–H and O–H groups in total. The molecule has 0 saturated heterocycles. The molecule has 4 atom stereocenters. The van der Waals surface area contributed by atoms with Crippen LogP contribution >= 0.6 is 34.8 Å². The number of halogens is 9. The molecular formula is C42H49Cl3F6N4O12. The summed E-state index contributed by atoms with van der Waals surface area (Å²) in [4.78, 5) is 95.9. The van der Waals surface area contributed by atoms with Crippen LogP contribution in [0.25, 0.3) is 0 Å². The predicted octanol–water partition coefficient (Wildman–Crippen LogP) is 8.18. The van der Waals surface area contributed by atoms with Gasteiger partial charge in [0.1, 0.15) is 24.2 Å². The Morgan fingerprint density at radius 2 is 1.07 bits per heavy atom. The van der Waals surface area contributed by atoms with Gasteiger partial charge in [0.25, 0.3) is 0 Å². The summed E-state index contributed by atoms with van der Waals surface area (Å²) in [7, 11) is 2.95. The van der Waals surface area contributed by atoms with Gasteiger partial charge in [-0.1, -0.05) is 85.0 Å². The quantitative estimate of drug-likeness (QED) is 0.0750. The van der Waals surface area contributed by atoms with E-state index in [1.165, 1.54) is 24.2 Å². The second kappa shape index (κ2) is 25.7. The highest BCUT2D eigenvalue weighted by molar-refractivity contribution is 6.32. The lowest BCUT2D eigenvalue weighted by Crippen LogP contribution is -2.55. The van der Waals surface area contributed by atoms with E-state index in [4.69, 9.17) is 54.1 Å². The molecule has 0 spiro atoms. The molecule has 0 aliphatic heterocycles. The first-order valence-corrected chi connectivity index (χ1v) is 21.6. The fraction of sp³-hybridized carbons (Fsp3) is 0.524. The van der Waals surface area contributed by atoms with Gasteiger partial charge in [-0.15, -0.1) is 0 Å². The van der Waals surface area contributed by atoms with E-state index in [2.05, 4.69) is 0 Å². The Labute approximate surface area is 395 Å². The lowest BCUT2D eigenvalue weighted by Gasteiger charge is -2.43. The predicted molar refractivity (Wildman–Crippen MR) is 228 cm³/mol. The Morgan fingerprint density at radius 3 is 1.43 bits per heavy atom. The molecule has 4 rings (SSSR count). The second-order valence-electron chi connectivity index (χ2n) is 14.7. The van der Waals surface area contributed by atoms with Crippen molar-refractivity contribution < 1.29 is 84.0 Å². The van der Waals surface area contributed by atoms with E-state index in [0.717, 1.165) is 23.1 Å². The zero-order chi connectivity index (χ0) is 50.9. The third-order valence-electron chi connectivity index (χ3n) is 10.3. The molecule has 0 heterocycles. The summed E-state index contributed by atoms with van der Waals surface area (Å²) in [6.07, 6.45) is -8.28. The molecule has 4 amide bonds. The summed E-state index contributed by atoms with van der Waals surface area (Å²) >= 11 is 18.6. The summed E-state index contributed by atoms with van der Waals surface area (Å²) < 4.78 is 85.8. The first-order chi connectivity index (χ1) is 31.2. The number of amides is 4. The minimum absolute atomic E-state index is 0.0149. The number of nitrogens with zero attached hydrogens (tertiary/aromatic N) is 2. The third-order valence-corrected chi connectivity index (χ3v) is 11.4. The largest absolute Gasteiger partial charge is 0.480 e. The van der Waals surface area contributed by atoms with Gasteiger partial charge in [-0.05, 0) is 57.1 Å². The molecule has 372 valence electrons. The lowest BCUT2D eigenvalue weighted by molar-refractivity contribution is -0.178. The Kier molecular flexibility index (Phi) is 22.2. The number of benzene rings is 2. The normalized spacial score (nSPS) is 19.1. The number of Topliss-reactive ketones (excluding diaryl/α,β-unsaturated/α-hetero) is 2. The topological polar surface area (TPSA) is 215 Å². The maximum atomic E-state index is 13.1. The van der Waals surface area contributed by atoms with Gasteiger partial charge < -0.3 is 30.0 Å². The van der Waals surface area contributed by atoms with Gasteiger partial charge in [-0.2, -0.15) is 26.3 Å². The van der Waals surface area contributed by atoms with Crippen molar-refractivity contribution in [3.05, 3.63) is 69.7 Å². The Bertz CT molecular complexity index is 2100. The van der Waals surface area contributed by atoms with E-state index in [-0.39, 0.29) is 24.4 Å². The van der Waals surface area contributed by atoms with Gasteiger partial charge in [0.15, 0.2) is 17.1 Å². The zero-order valence-electron chi connectivity index (χ0n) is 36.5. The number of ether oxygens (including phenoxy) is 3. The van der Waals surface area contributed by atoms with E-state index < -0.39 is 84.3 Å². The van der Waals surface area contributed by atoms with Crippen molar-refractivity contribution >= 4 is 82.3 Å². The number of aliphatic carboxylic acids is 1. The highest BCUT2D eigenvalue weighted by atomic mass is 35.5. The highest BCUT2D eigenvalue weighted by Gasteiger charge is 2.50. The summed E-state index contributed by atoms with van der Waals surface area (Å²) in [5.74, 6) is -7.55. The van der Waals surface area contributed by atoms with Crippen molar-refractivity contribution in [2.24, 2.45) is 0 Å². The van der Waals surface area contributed by atoms with Crippen molar-refractivity contribution in [2.45, 2.75) is 113 Å². The smallest absolute Gasteiger partial charge is 0.471 e. The van der Waals surface area contributed by atoms with E-state index in [0.29, 0.717) is 59.7 Å². The standard InChI is InChI=1S/C21H24ClF3N2O6.C17H21Cl2NO3.C4H4F3NO3/c1-3-17(32-16(29)12-26-18(30)21(23,24)25)33-19(31)27(2)20(11-7-6-10-15(20)28)13-8-4-5-9-14(13)22;1-3-15(19)23-16(22)20(2)17(11-7-6-10-14(17)21)12-8-4-5-9-13(12)18;5-4(6,7)3(11)8-1-2(9)10/h4-5,8-9,17H,3,6-7,10-12H2,1-2H3,(H,26,30);4-5,8-9,15H,3,6-7,10-11H2,1-2H3;1H2,(H,8,11)(H,9,10)/t17?,20-;15?,17-;/m00./s1. The Hall–Kier alpha value is -5.35. The van der Waals surface area contributed by atoms with Crippen molar-refractivity contribution in [2.75, 3.05) is 27.2 Å². The van der Waals surface area contributed by atoms with Gasteiger partial charge in [0.05, 0.1) is 0 Å². The maximum Gasteiger partial charge on any atom is 0.471 e. The lowest BCUT2D eigenvalue weighted by atomic mass is 9.74. The summed E-state index contributed by atoms with van der Waals surface area (Å²) in [6, 6.07) is 13.8. The number of hydrogen-bond acceptors (Lipinski definition) is 11. The van der Waals surface area contributed by atoms with E-state index in [1.807, 2.05) is 13.0 Å². The number of hydrogen-bond donors (Lipinski definition) is 3. The molecule has 2 unspecified atom stereocenters. The van der Waals surface area contributed by atoms with Gasteiger partial charge in [0, 0.05) is 54.5 Å². The molecule has 2 fully saturated rings. The number of carbonyl (C=O) groups is 8. The van der Waals surface area contributed by atoms with Gasteiger partial charge in [-0.3, -0.25) is 38.6 Å². The highest BCUT2D eigenvalue weighted by Crippen LogP contribution is 2.44. The number of likely N-dealkylation sites (N-methyl/N-ethyl adjacent to an activating group) is 2. The van der Waals surface area contributed by atoms with Gasteiger partial charge in [0.2, 0.25) is 6.29 Å². The van der Waals surface area contributed by atoms with Crippen LogP contribution in [0.1, 0.15) is 89.2 Å². The van der Waals surface area contributed by atoms with Crippen LogP contribution in [0.4, 0.5) is 35.9 Å². The summed E-state index contributed by atoms with van der Waals surface area (Å²) in [6.45, 7) is 1.23. The summed E-state index contributed by atoms with van der Waals surface area (Å²) in [5, 5.41) is 11.1. The number of rotatable bonds is 13. The number of carbonyl (C=O) groups excluding carboxylic acids is 7. The van der Waals surface area contributed by atoms with Crippen molar-refractivity contribution in [1.29, 1.82) is 0 Å². The number of esters is 1. The molecule has 0 bridgehead atoms. The molecule has 67 heavy (non-hydrogen) atoms. The minimum atomic E-state index is -5.15. The molecule has 2 aromatic carbocycles. The number of ketones is 2. The first-order valence-electron chi connectivity index (χ1n) is 20.4. The van der Waals surface area contributed by atoms with E-state index in [9.17, 15) is 64.7 Å². The molecule has 2 aliphatic rings. The molecule has 25 heteroatoms. The second-order valence-corrected chi connectivity index (χ2v) is 16.0. The summed E-state index contributed by atoms with van der Waals surface area (Å²) in [5.41, 5.74) is -2.09. The first kappa shape index (κ1) is 57.8. The van der Waals surface area contributed by atoms with Gasteiger partial charge >= 0.3 is 48.3 Å². The van der Waals surface area contributed by atoms with Crippen LogP contribution in [0.2, 0.25) is 10.0 Å². The van der Waals surface area contributed by atoms with Crippen LogP contribution in [0.15, 0.2) is 48.5 Å².